The van der Waals surface area contributed by atoms with Gasteiger partial charge < -0.3 is 43.8 Å². The van der Waals surface area contributed by atoms with Gasteiger partial charge in [-0.25, -0.2) is 4.79 Å². The third-order valence-corrected chi connectivity index (χ3v) is 5.33. The highest BCUT2D eigenvalue weighted by atomic mass is 16.7. The number of methoxy groups -OCH3 is 2. The van der Waals surface area contributed by atoms with E-state index < -0.39 is 48.7 Å². The minimum Gasteiger partial charge on any atom is -0.504 e. The van der Waals surface area contributed by atoms with Crippen LogP contribution in [0.25, 0.3) is 10.8 Å². The lowest BCUT2D eigenvalue weighted by Crippen LogP contribution is -2.60. The van der Waals surface area contributed by atoms with E-state index in [0.717, 1.165) is 0 Å². The van der Waals surface area contributed by atoms with Crippen molar-refractivity contribution in [1.82, 2.24) is 0 Å². The van der Waals surface area contributed by atoms with Crippen molar-refractivity contribution < 1.29 is 43.8 Å². The van der Waals surface area contributed by atoms with E-state index in [9.17, 15) is 25.2 Å². The van der Waals surface area contributed by atoms with E-state index in [1.165, 1.54) is 20.3 Å². The molecule has 1 aliphatic heterocycles. The SMILES string of the molecule is C/C=C/CCc1cc2cc(O[C@@H]3O[C@H](CO)[C@@H](OC)[C@H](O)[C@H]3O)c(OC)c(O)c2c(=O)o1. The van der Waals surface area contributed by atoms with Crippen LogP contribution in [-0.2, 0) is 15.9 Å². The molecule has 0 radical (unpaired) electrons. The number of aliphatic hydroxyl groups is 3. The Hall–Kier alpha value is -2.63. The molecule has 0 saturated carbocycles. The zero-order chi connectivity index (χ0) is 23.4. The van der Waals surface area contributed by atoms with Crippen LogP contribution >= 0.6 is 0 Å². The van der Waals surface area contributed by atoms with Gasteiger partial charge in [-0.1, -0.05) is 12.2 Å². The maximum atomic E-state index is 12.5. The normalized spacial score (nSPS) is 26.0. The van der Waals surface area contributed by atoms with E-state index >= 15 is 0 Å². The first-order chi connectivity index (χ1) is 15.4. The van der Waals surface area contributed by atoms with Crippen molar-refractivity contribution in [1.29, 1.82) is 0 Å². The van der Waals surface area contributed by atoms with Gasteiger partial charge in [-0.3, -0.25) is 0 Å². The van der Waals surface area contributed by atoms with Gasteiger partial charge >= 0.3 is 5.63 Å². The summed E-state index contributed by atoms with van der Waals surface area (Å²) in [5.74, 6) is -0.283. The van der Waals surface area contributed by atoms with Crippen molar-refractivity contribution in [3.05, 3.63) is 40.5 Å². The Kier molecular flexibility index (Phi) is 7.75. The molecule has 10 heteroatoms. The van der Waals surface area contributed by atoms with Gasteiger partial charge in [-0.05, 0) is 25.5 Å². The molecule has 0 bridgehead atoms. The molecule has 1 aromatic heterocycles. The van der Waals surface area contributed by atoms with Gasteiger partial charge in [0.25, 0.3) is 0 Å². The first-order valence-corrected chi connectivity index (χ1v) is 10.2. The van der Waals surface area contributed by atoms with E-state index in [2.05, 4.69) is 0 Å². The molecule has 1 aromatic carbocycles. The molecule has 0 unspecified atom stereocenters. The maximum Gasteiger partial charge on any atom is 0.347 e. The predicted molar refractivity (Wildman–Crippen MR) is 113 cm³/mol. The van der Waals surface area contributed by atoms with Crippen molar-refractivity contribution in [3.8, 4) is 17.2 Å². The summed E-state index contributed by atoms with van der Waals surface area (Å²) in [7, 11) is 2.59. The summed E-state index contributed by atoms with van der Waals surface area (Å²) >= 11 is 0. The Morgan fingerprint density at radius 1 is 1.19 bits per heavy atom. The molecule has 2 aromatic rings. The molecule has 0 spiro atoms. The van der Waals surface area contributed by atoms with Gasteiger partial charge in [0, 0.05) is 18.9 Å². The number of hydrogen-bond acceptors (Lipinski definition) is 10. The molecule has 176 valence electrons. The minimum atomic E-state index is -1.53. The van der Waals surface area contributed by atoms with Crippen molar-refractivity contribution in [3.63, 3.8) is 0 Å². The highest BCUT2D eigenvalue weighted by molar-refractivity contribution is 5.91. The third kappa shape index (κ3) is 4.59. The number of phenolic OH excluding ortho intramolecular Hbond substituents is 1. The Balaban J connectivity index is 2.00. The number of rotatable bonds is 8. The Labute approximate surface area is 184 Å². The molecular weight excluding hydrogens is 424 g/mol. The zero-order valence-corrected chi connectivity index (χ0v) is 18.1. The van der Waals surface area contributed by atoms with Crippen LogP contribution in [0.5, 0.6) is 17.2 Å². The monoisotopic (exact) mass is 452 g/mol. The van der Waals surface area contributed by atoms with Gasteiger partial charge in [0.2, 0.25) is 12.0 Å². The van der Waals surface area contributed by atoms with Gasteiger partial charge in [0.05, 0.1) is 13.7 Å². The average molecular weight is 452 g/mol. The summed E-state index contributed by atoms with van der Waals surface area (Å²) in [6.45, 7) is 1.40. The number of aliphatic hydroxyl groups excluding tert-OH is 3. The van der Waals surface area contributed by atoms with Crippen LogP contribution in [0, 0.1) is 0 Å². The number of aromatic hydroxyl groups is 1. The van der Waals surface area contributed by atoms with Gasteiger partial charge in [-0.2, -0.15) is 0 Å². The molecule has 3 rings (SSSR count). The topological polar surface area (TPSA) is 148 Å². The first-order valence-electron chi connectivity index (χ1n) is 10.2. The summed E-state index contributed by atoms with van der Waals surface area (Å²) in [4.78, 5) is 12.5. The Bertz CT molecular complexity index is 1010. The van der Waals surface area contributed by atoms with E-state index in [1.807, 2.05) is 19.1 Å². The fourth-order valence-corrected chi connectivity index (χ4v) is 3.71. The van der Waals surface area contributed by atoms with E-state index in [-0.39, 0.29) is 16.9 Å². The van der Waals surface area contributed by atoms with Crippen LogP contribution in [-0.4, -0.2) is 72.0 Å². The second kappa shape index (κ2) is 10.3. The molecule has 4 N–H and O–H groups in total. The molecule has 1 aliphatic rings. The zero-order valence-electron chi connectivity index (χ0n) is 18.1. The molecule has 0 amide bonds. The number of fused-ring (bicyclic) bond motifs is 1. The van der Waals surface area contributed by atoms with Crippen LogP contribution < -0.4 is 15.1 Å². The second-order valence-electron chi connectivity index (χ2n) is 7.35. The number of hydrogen-bond donors (Lipinski definition) is 4. The molecule has 2 heterocycles. The van der Waals surface area contributed by atoms with Crippen molar-refractivity contribution >= 4 is 10.8 Å². The highest BCUT2D eigenvalue weighted by Gasteiger charge is 2.46. The van der Waals surface area contributed by atoms with E-state index in [1.54, 1.807) is 6.07 Å². The molecule has 5 atom stereocenters. The second-order valence-corrected chi connectivity index (χ2v) is 7.35. The molecule has 32 heavy (non-hydrogen) atoms. The van der Waals surface area contributed by atoms with Crippen LogP contribution in [0.3, 0.4) is 0 Å². The smallest absolute Gasteiger partial charge is 0.347 e. The average Bonchev–Trinajstić information content (AvgIpc) is 2.76. The van der Waals surface area contributed by atoms with E-state index in [4.69, 9.17) is 23.4 Å². The number of ether oxygens (including phenoxy) is 4. The largest absolute Gasteiger partial charge is 0.504 e. The van der Waals surface area contributed by atoms with Crippen LogP contribution in [0.2, 0.25) is 0 Å². The Morgan fingerprint density at radius 3 is 2.56 bits per heavy atom. The summed E-state index contributed by atoms with van der Waals surface area (Å²) in [6, 6.07) is 3.06. The molecule has 0 aliphatic carbocycles. The quantitative estimate of drug-likeness (QED) is 0.425. The lowest BCUT2D eigenvalue weighted by molar-refractivity contribution is -0.282. The summed E-state index contributed by atoms with van der Waals surface area (Å²) in [5, 5.41) is 41.2. The number of aryl methyl sites for hydroxylation is 1. The summed E-state index contributed by atoms with van der Waals surface area (Å²) < 4.78 is 26.9. The standard InChI is InChI=1S/C22H28O10/c1-4-5-6-7-12-8-11-9-13(19(28-2)16(24)15(11)21(27)30-12)31-22-18(26)17(25)20(29-3)14(10-23)32-22/h4-5,8-9,14,17-18,20,22-26H,6-7,10H2,1-3H3/b5-4+/t14-,17-,18-,20-,22-/m1/s1. The number of allylic oxidation sites excluding steroid dienone is 2. The van der Waals surface area contributed by atoms with Crippen LogP contribution in [0.4, 0.5) is 0 Å². The fraction of sp³-hybridized carbons (Fsp3) is 0.500. The minimum absolute atomic E-state index is 0.0358. The Morgan fingerprint density at radius 2 is 1.94 bits per heavy atom. The van der Waals surface area contributed by atoms with E-state index in [0.29, 0.717) is 24.0 Å². The predicted octanol–water partition coefficient (Wildman–Crippen LogP) is 0.849. The molecule has 10 nitrogen and oxygen atoms in total. The third-order valence-electron chi connectivity index (χ3n) is 5.33. The molecular formula is C22H28O10. The highest BCUT2D eigenvalue weighted by Crippen LogP contribution is 2.43. The fourth-order valence-electron chi connectivity index (χ4n) is 3.71. The summed E-state index contributed by atoms with van der Waals surface area (Å²) in [5.41, 5.74) is -0.729. The maximum absolute atomic E-state index is 12.5. The lowest BCUT2D eigenvalue weighted by Gasteiger charge is -2.41. The van der Waals surface area contributed by atoms with Gasteiger partial charge in [0.15, 0.2) is 11.5 Å². The van der Waals surface area contributed by atoms with Crippen molar-refractivity contribution in [2.24, 2.45) is 0 Å². The first kappa shape index (κ1) is 24.0. The summed E-state index contributed by atoms with van der Waals surface area (Å²) in [6.07, 6.45) is -1.30. The van der Waals surface area contributed by atoms with Crippen LogP contribution in [0.1, 0.15) is 19.1 Å². The lowest BCUT2D eigenvalue weighted by atomic mass is 9.99. The van der Waals surface area contributed by atoms with Crippen molar-refractivity contribution in [2.75, 3.05) is 20.8 Å². The van der Waals surface area contributed by atoms with Gasteiger partial charge in [0.1, 0.15) is 35.6 Å². The van der Waals surface area contributed by atoms with Crippen LogP contribution in [0.15, 0.2) is 33.5 Å². The number of phenols is 1. The molecule has 1 saturated heterocycles. The number of benzene rings is 1. The van der Waals surface area contributed by atoms with Crippen molar-refractivity contribution in [2.45, 2.75) is 50.5 Å². The molecule has 1 fully saturated rings. The van der Waals surface area contributed by atoms with Gasteiger partial charge in [-0.15, -0.1) is 0 Å².